The standard InChI is InChI=1S/C18H21N3O2/c1-3-4-10-19-17-9-8-15(12-20-17)18(23)21-16-7-5-6-14(11-16)13(2)22/h5-9,11-12H,3-4,10H2,1-2H3,(H,19,20)(H,21,23). The first-order valence-corrected chi connectivity index (χ1v) is 7.72. The Hall–Kier alpha value is -2.69. The zero-order valence-corrected chi connectivity index (χ0v) is 13.4. The van der Waals surface area contributed by atoms with E-state index in [4.69, 9.17) is 0 Å². The number of nitrogens with zero attached hydrogens (tertiary/aromatic N) is 1. The van der Waals surface area contributed by atoms with Crippen molar-refractivity contribution in [2.24, 2.45) is 0 Å². The van der Waals surface area contributed by atoms with E-state index < -0.39 is 0 Å². The lowest BCUT2D eigenvalue weighted by Gasteiger charge is -2.08. The predicted octanol–water partition coefficient (Wildman–Crippen LogP) is 3.75. The highest BCUT2D eigenvalue weighted by atomic mass is 16.1. The molecule has 120 valence electrons. The third kappa shape index (κ3) is 4.92. The predicted molar refractivity (Wildman–Crippen MR) is 92.0 cm³/mol. The van der Waals surface area contributed by atoms with E-state index in [0.29, 0.717) is 16.8 Å². The lowest BCUT2D eigenvalue weighted by Crippen LogP contribution is -2.13. The number of unbranched alkanes of at least 4 members (excludes halogenated alkanes) is 1. The second-order valence-corrected chi connectivity index (χ2v) is 5.30. The van der Waals surface area contributed by atoms with Crippen molar-refractivity contribution in [3.05, 3.63) is 53.7 Å². The van der Waals surface area contributed by atoms with Crippen LogP contribution in [0.25, 0.3) is 0 Å². The van der Waals surface area contributed by atoms with Crippen molar-refractivity contribution >= 4 is 23.2 Å². The van der Waals surface area contributed by atoms with Crippen LogP contribution >= 0.6 is 0 Å². The number of hydrogen-bond acceptors (Lipinski definition) is 4. The summed E-state index contributed by atoms with van der Waals surface area (Å²) in [5, 5.41) is 5.97. The molecule has 0 saturated heterocycles. The van der Waals surface area contributed by atoms with Gasteiger partial charge in [-0.1, -0.05) is 25.5 Å². The molecule has 1 heterocycles. The molecule has 0 aliphatic carbocycles. The minimum Gasteiger partial charge on any atom is -0.370 e. The highest BCUT2D eigenvalue weighted by Crippen LogP contribution is 2.13. The molecular formula is C18H21N3O2. The molecule has 2 aromatic rings. The molecule has 0 radical (unpaired) electrons. The summed E-state index contributed by atoms with van der Waals surface area (Å²) in [6, 6.07) is 10.4. The molecule has 0 spiro atoms. The van der Waals surface area contributed by atoms with Crippen LogP contribution in [0.2, 0.25) is 0 Å². The average Bonchev–Trinajstić information content (AvgIpc) is 2.56. The summed E-state index contributed by atoms with van der Waals surface area (Å²) in [6.07, 6.45) is 3.74. The summed E-state index contributed by atoms with van der Waals surface area (Å²) < 4.78 is 0. The SMILES string of the molecule is CCCCNc1ccc(C(=O)Nc2cccc(C(C)=O)c2)cn1. The summed E-state index contributed by atoms with van der Waals surface area (Å²) >= 11 is 0. The molecule has 1 amide bonds. The van der Waals surface area contributed by atoms with Gasteiger partial charge in [0.15, 0.2) is 5.78 Å². The molecule has 0 fully saturated rings. The fourth-order valence-electron chi connectivity index (χ4n) is 2.05. The van der Waals surface area contributed by atoms with Crippen LogP contribution in [0.4, 0.5) is 11.5 Å². The van der Waals surface area contributed by atoms with E-state index in [1.54, 1.807) is 42.6 Å². The molecule has 5 nitrogen and oxygen atoms in total. The number of carbonyl (C=O) groups is 2. The van der Waals surface area contributed by atoms with Crippen LogP contribution in [0.1, 0.15) is 47.4 Å². The van der Waals surface area contributed by atoms with E-state index >= 15 is 0 Å². The number of hydrogen-bond donors (Lipinski definition) is 2. The second-order valence-electron chi connectivity index (χ2n) is 5.30. The number of nitrogens with one attached hydrogen (secondary N) is 2. The quantitative estimate of drug-likeness (QED) is 0.603. The summed E-state index contributed by atoms with van der Waals surface area (Å²) in [5.41, 5.74) is 1.63. The van der Waals surface area contributed by atoms with Crippen LogP contribution in [-0.2, 0) is 0 Å². The van der Waals surface area contributed by atoms with Crippen molar-refractivity contribution in [3.63, 3.8) is 0 Å². The molecule has 0 bridgehead atoms. The zero-order valence-electron chi connectivity index (χ0n) is 13.4. The van der Waals surface area contributed by atoms with Gasteiger partial charge in [0.25, 0.3) is 5.91 Å². The van der Waals surface area contributed by atoms with Crippen molar-refractivity contribution in [2.75, 3.05) is 17.2 Å². The molecule has 1 aromatic carbocycles. The first-order chi connectivity index (χ1) is 11.1. The average molecular weight is 311 g/mol. The number of pyridine rings is 1. The van der Waals surface area contributed by atoms with Crippen molar-refractivity contribution < 1.29 is 9.59 Å². The summed E-state index contributed by atoms with van der Waals surface area (Å²) in [5.74, 6) is 0.470. The third-order valence-corrected chi connectivity index (χ3v) is 3.39. The highest BCUT2D eigenvalue weighted by molar-refractivity contribution is 6.05. The Balaban J connectivity index is 2.00. The summed E-state index contributed by atoms with van der Waals surface area (Å²) in [7, 11) is 0. The minimum atomic E-state index is -0.252. The number of aromatic nitrogens is 1. The Morgan fingerprint density at radius 2 is 1.96 bits per heavy atom. The topological polar surface area (TPSA) is 71.1 Å². The van der Waals surface area contributed by atoms with Gasteiger partial charge >= 0.3 is 0 Å². The van der Waals surface area contributed by atoms with Crippen LogP contribution in [0.5, 0.6) is 0 Å². The maximum atomic E-state index is 12.2. The minimum absolute atomic E-state index is 0.0368. The van der Waals surface area contributed by atoms with E-state index in [1.807, 2.05) is 0 Å². The van der Waals surface area contributed by atoms with E-state index in [1.165, 1.54) is 6.92 Å². The van der Waals surface area contributed by atoms with Gasteiger partial charge in [-0.15, -0.1) is 0 Å². The zero-order chi connectivity index (χ0) is 16.7. The second kappa shape index (κ2) is 8.08. The van der Waals surface area contributed by atoms with Crippen molar-refractivity contribution in [3.8, 4) is 0 Å². The largest absolute Gasteiger partial charge is 0.370 e. The van der Waals surface area contributed by atoms with Gasteiger partial charge < -0.3 is 10.6 Å². The highest BCUT2D eigenvalue weighted by Gasteiger charge is 2.08. The van der Waals surface area contributed by atoms with Crippen molar-refractivity contribution in [1.29, 1.82) is 0 Å². The number of anilines is 2. The Morgan fingerprint density at radius 3 is 2.61 bits per heavy atom. The lowest BCUT2D eigenvalue weighted by molar-refractivity contribution is 0.101. The number of carbonyl (C=O) groups excluding carboxylic acids is 2. The van der Waals surface area contributed by atoms with Gasteiger partial charge in [-0.3, -0.25) is 9.59 Å². The van der Waals surface area contributed by atoms with Gasteiger partial charge in [0.2, 0.25) is 0 Å². The molecule has 2 rings (SSSR count). The van der Waals surface area contributed by atoms with Gasteiger partial charge in [0.05, 0.1) is 5.56 Å². The first kappa shape index (κ1) is 16.7. The van der Waals surface area contributed by atoms with Gasteiger partial charge in [0.1, 0.15) is 5.82 Å². The normalized spacial score (nSPS) is 10.2. The Bertz CT molecular complexity index is 681. The van der Waals surface area contributed by atoms with Gasteiger partial charge in [0, 0.05) is 24.0 Å². The fourth-order valence-corrected chi connectivity index (χ4v) is 2.05. The van der Waals surface area contributed by atoms with E-state index in [-0.39, 0.29) is 11.7 Å². The monoisotopic (exact) mass is 311 g/mol. The third-order valence-electron chi connectivity index (χ3n) is 3.39. The molecule has 2 N–H and O–H groups in total. The number of Topliss-reactive ketones (excluding diaryl/α,β-unsaturated/α-hetero) is 1. The summed E-state index contributed by atoms with van der Waals surface area (Å²) in [6.45, 7) is 4.49. The summed E-state index contributed by atoms with van der Waals surface area (Å²) in [4.78, 5) is 27.8. The van der Waals surface area contributed by atoms with Crippen molar-refractivity contribution in [2.45, 2.75) is 26.7 Å². The lowest BCUT2D eigenvalue weighted by atomic mass is 10.1. The van der Waals surface area contributed by atoms with Crippen LogP contribution < -0.4 is 10.6 Å². The van der Waals surface area contributed by atoms with Crippen LogP contribution in [-0.4, -0.2) is 23.2 Å². The number of ketones is 1. The van der Waals surface area contributed by atoms with Gasteiger partial charge in [-0.25, -0.2) is 4.98 Å². The number of rotatable bonds is 7. The molecule has 1 aromatic heterocycles. The molecule has 0 aliphatic rings. The van der Waals surface area contributed by atoms with E-state index in [2.05, 4.69) is 22.5 Å². The van der Waals surface area contributed by atoms with E-state index in [9.17, 15) is 9.59 Å². The first-order valence-electron chi connectivity index (χ1n) is 7.72. The van der Waals surface area contributed by atoms with Crippen LogP contribution in [0, 0.1) is 0 Å². The Labute approximate surface area is 136 Å². The number of benzene rings is 1. The molecule has 23 heavy (non-hydrogen) atoms. The van der Waals surface area contributed by atoms with E-state index in [0.717, 1.165) is 25.2 Å². The van der Waals surface area contributed by atoms with Crippen LogP contribution in [0.15, 0.2) is 42.6 Å². The number of amides is 1. The Morgan fingerprint density at radius 1 is 1.13 bits per heavy atom. The van der Waals surface area contributed by atoms with Gasteiger partial charge in [-0.2, -0.15) is 0 Å². The van der Waals surface area contributed by atoms with Crippen molar-refractivity contribution in [1.82, 2.24) is 4.98 Å². The fraction of sp³-hybridized carbons (Fsp3) is 0.278. The molecule has 0 atom stereocenters. The molecule has 0 saturated carbocycles. The molecule has 0 aliphatic heterocycles. The molecule has 0 unspecified atom stereocenters. The molecule has 5 heteroatoms. The Kier molecular flexibility index (Phi) is 5.86. The maximum Gasteiger partial charge on any atom is 0.257 e. The maximum absolute atomic E-state index is 12.2. The van der Waals surface area contributed by atoms with Gasteiger partial charge in [-0.05, 0) is 37.6 Å². The molecular weight excluding hydrogens is 290 g/mol. The van der Waals surface area contributed by atoms with Crippen LogP contribution in [0.3, 0.4) is 0 Å². The smallest absolute Gasteiger partial charge is 0.257 e.